The van der Waals surface area contributed by atoms with Gasteiger partial charge in [-0.25, -0.2) is 13.8 Å². The van der Waals surface area contributed by atoms with Crippen molar-refractivity contribution >= 4 is 5.82 Å². The van der Waals surface area contributed by atoms with Crippen LogP contribution in [0.15, 0.2) is 6.07 Å². The molecule has 0 saturated carbocycles. The van der Waals surface area contributed by atoms with Crippen LogP contribution in [0.4, 0.5) is 32.2 Å². The van der Waals surface area contributed by atoms with Gasteiger partial charge in [0.2, 0.25) is 5.95 Å². The molecule has 0 unspecified atom stereocenters. The van der Waals surface area contributed by atoms with E-state index in [1.807, 2.05) is 0 Å². The lowest BCUT2D eigenvalue weighted by Crippen LogP contribution is -2.15. The maximum absolute atomic E-state index is 12.5. The van der Waals surface area contributed by atoms with E-state index in [1.54, 1.807) is 0 Å². The highest BCUT2D eigenvalue weighted by Crippen LogP contribution is 2.39. The second-order valence-electron chi connectivity index (χ2n) is 2.59. The average Bonchev–Trinajstić information content (AvgIpc) is 1.99. The van der Waals surface area contributed by atoms with Gasteiger partial charge in [0.15, 0.2) is 0 Å². The van der Waals surface area contributed by atoms with Crippen molar-refractivity contribution in [1.82, 2.24) is 4.98 Å². The van der Waals surface area contributed by atoms with Crippen molar-refractivity contribution in [2.45, 2.75) is 12.6 Å². The van der Waals surface area contributed by atoms with Crippen LogP contribution < -0.4 is 5.73 Å². The van der Waals surface area contributed by atoms with Crippen molar-refractivity contribution in [2.24, 2.45) is 0 Å². The molecule has 0 aliphatic rings. The second kappa shape index (κ2) is 3.59. The summed E-state index contributed by atoms with van der Waals surface area (Å²) >= 11 is 0. The zero-order chi connectivity index (χ0) is 11.8. The third-order valence-electron chi connectivity index (χ3n) is 1.57. The van der Waals surface area contributed by atoms with Gasteiger partial charge in [0.25, 0.3) is 6.43 Å². The first kappa shape index (κ1) is 11.6. The summed E-state index contributed by atoms with van der Waals surface area (Å²) in [5.74, 6) is -2.77. The Morgan fingerprint density at radius 1 is 1.27 bits per heavy atom. The molecule has 0 aromatic carbocycles. The minimum atomic E-state index is -5.09. The molecule has 1 aromatic rings. The van der Waals surface area contributed by atoms with Crippen molar-refractivity contribution in [2.75, 3.05) is 5.73 Å². The molecule has 0 atom stereocenters. The van der Waals surface area contributed by atoms with Crippen LogP contribution in [-0.2, 0) is 6.18 Å². The number of aromatic nitrogens is 1. The Bertz CT molecular complexity index is 372. The van der Waals surface area contributed by atoms with Gasteiger partial charge in [-0.15, -0.1) is 0 Å². The molecule has 0 saturated heterocycles. The number of nitrogens with zero attached hydrogens (tertiary/aromatic N) is 1. The molecule has 8 heteroatoms. The number of pyridine rings is 1. The highest BCUT2D eigenvalue weighted by atomic mass is 19.4. The Labute approximate surface area is 79.7 Å². The Balaban J connectivity index is 3.48. The first-order valence-corrected chi connectivity index (χ1v) is 3.54. The molecular formula is C7H4F6N2. The SMILES string of the molecule is Nc1nc(F)cc(C(F)F)c1C(F)(F)F. The maximum Gasteiger partial charge on any atom is 0.420 e. The molecule has 0 fully saturated rings. The van der Waals surface area contributed by atoms with Gasteiger partial charge in [-0.1, -0.05) is 0 Å². The van der Waals surface area contributed by atoms with E-state index in [0.717, 1.165) is 0 Å². The van der Waals surface area contributed by atoms with E-state index in [0.29, 0.717) is 0 Å². The molecule has 0 amide bonds. The first-order valence-electron chi connectivity index (χ1n) is 3.54. The zero-order valence-electron chi connectivity index (χ0n) is 6.95. The molecule has 2 nitrogen and oxygen atoms in total. The van der Waals surface area contributed by atoms with Crippen LogP contribution in [0.2, 0.25) is 0 Å². The smallest absolute Gasteiger partial charge is 0.383 e. The van der Waals surface area contributed by atoms with Gasteiger partial charge in [-0.3, -0.25) is 0 Å². The highest BCUT2D eigenvalue weighted by molar-refractivity contribution is 5.47. The summed E-state index contributed by atoms with van der Waals surface area (Å²) in [6.07, 6.45) is -8.56. The van der Waals surface area contributed by atoms with E-state index in [-0.39, 0.29) is 6.07 Å². The molecule has 1 heterocycles. The minimum Gasteiger partial charge on any atom is -0.383 e. The predicted octanol–water partition coefficient (Wildman–Crippen LogP) is 2.76. The van der Waals surface area contributed by atoms with Crippen LogP contribution in [0, 0.1) is 5.95 Å². The highest BCUT2D eigenvalue weighted by Gasteiger charge is 2.39. The molecule has 0 bridgehead atoms. The summed E-state index contributed by atoms with van der Waals surface area (Å²) in [7, 11) is 0. The third kappa shape index (κ3) is 2.31. The normalized spacial score (nSPS) is 12.2. The number of halogens is 6. The number of rotatable bonds is 1. The number of alkyl halides is 5. The third-order valence-corrected chi connectivity index (χ3v) is 1.57. The quantitative estimate of drug-likeness (QED) is 0.595. The van der Waals surface area contributed by atoms with Crippen LogP contribution in [0.25, 0.3) is 0 Å². The van der Waals surface area contributed by atoms with Gasteiger partial charge < -0.3 is 5.73 Å². The zero-order valence-corrected chi connectivity index (χ0v) is 6.95. The number of anilines is 1. The molecule has 0 spiro atoms. The minimum absolute atomic E-state index is 0.0177. The van der Waals surface area contributed by atoms with Crippen LogP contribution in [0.5, 0.6) is 0 Å². The lowest BCUT2D eigenvalue weighted by atomic mass is 10.1. The number of nitrogens with two attached hydrogens (primary N) is 1. The standard InChI is InChI=1S/C7H4F6N2/c8-3-1-2(5(9)10)4(6(14)15-3)7(11,12)13/h1,5H,(H2,14,15). The topological polar surface area (TPSA) is 38.9 Å². The molecule has 84 valence electrons. The number of hydrogen-bond acceptors (Lipinski definition) is 2. The van der Waals surface area contributed by atoms with Crippen LogP contribution in [0.3, 0.4) is 0 Å². The molecule has 1 aromatic heterocycles. The molecule has 1 rings (SSSR count). The van der Waals surface area contributed by atoms with E-state index in [2.05, 4.69) is 4.98 Å². The fraction of sp³-hybridized carbons (Fsp3) is 0.286. The van der Waals surface area contributed by atoms with Gasteiger partial charge in [0.1, 0.15) is 11.4 Å². The van der Waals surface area contributed by atoms with Gasteiger partial charge in [-0.2, -0.15) is 17.6 Å². The summed E-state index contributed by atoms with van der Waals surface area (Å²) in [6.45, 7) is 0. The monoisotopic (exact) mass is 230 g/mol. The average molecular weight is 230 g/mol. The van der Waals surface area contributed by atoms with Gasteiger partial charge >= 0.3 is 6.18 Å². The van der Waals surface area contributed by atoms with Crippen LogP contribution >= 0.6 is 0 Å². The van der Waals surface area contributed by atoms with Crippen molar-refractivity contribution in [1.29, 1.82) is 0 Å². The lowest BCUT2D eigenvalue weighted by Gasteiger charge is -2.13. The molecular weight excluding hydrogens is 226 g/mol. The summed E-state index contributed by atoms with van der Waals surface area (Å²) in [6, 6.07) is 0.0177. The molecule has 0 radical (unpaired) electrons. The van der Waals surface area contributed by atoms with Gasteiger partial charge in [0.05, 0.1) is 0 Å². The Kier molecular flexibility index (Phi) is 2.78. The van der Waals surface area contributed by atoms with E-state index < -0.39 is 35.5 Å². The van der Waals surface area contributed by atoms with Crippen molar-refractivity contribution in [3.05, 3.63) is 23.1 Å². The van der Waals surface area contributed by atoms with Crippen molar-refractivity contribution in [3.8, 4) is 0 Å². The van der Waals surface area contributed by atoms with Crippen molar-refractivity contribution < 1.29 is 26.3 Å². The summed E-state index contributed by atoms with van der Waals surface area (Å²) in [4.78, 5) is 2.64. The second-order valence-corrected chi connectivity index (χ2v) is 2.59. The molecule has 0 aliphatic carbocycles. The number of nitrogen functional groups attached to an aromatic ring is 1. The van der Waals surface area contributed by atoms with E-state index in [4.69, 9.17) is 5.73 Å². The lowest BCUT2D eigenvalue weighted by molar-refractivity contribution is -0.139. The Morgan fingerprint density at radius 3 is 2.20 bits per heavy atom. The van der Waals surface area contributed by atoms with Gasteiger partial charge in [-0.05, 0) is 0 Å². The summed E-state index contributed by atoms with van der Waals surface area (Å²) < 4.78 is 73.5. The predicted molar refractivity (Wildman–Crippen MR) is 38.6 cm³/mol. The first-order chi connectivity index (χ1) is 6.73. The summed E-state index contributed by atoms with van der Waals surface area (Å²) in [5, 5.41) is 0. The molecule has 0 aliphatic heterocycles. The van der Waals surface area contributed by atoms with E-state index in [9.17, 15) is 26.3 Å². The molecule has 2 N–H and O–H groups in total. The fourth-order valence-electron chi connectivity index (χ4n) is 1.03. The number of hydrogen-bond donors (Lipinski definition) is 1. The largest absolute Gasteiger partial charge is 0.420 e. The van der Waals surface area contributed by atoms with Crippen molar-refractivity contribution in [3.63, 3.8) is 0 Å². The fourth-order valence-corrected chi connectivity index (χ4v) is 1.03. The van der Waals surface area contributed by atoms with E-state index in [1.165, 1.54) is 0 Å². The molecule has 15 heavy (non-hydrogen) atoms. The van der Waals surface area contributed by atoms with E-state index >= 15 is 0 Å². The summed E-state index contributed by atoms with van der Waals surface area (Å²) in [5.41, 5.74) is 1.44. The Hall–Kier alpha value is -1.47. The van der Waals surface area contributed by atoms with Gasteiger partial charge in [0, 0.05) is 11.6 Å². The van der Waals surface area contributed by atoms with Crippen LogP contribution in [-0.4, -0.2) is 4.98 Å². The van der Waals surface area contributed by atoms with Crippen LogP contribution in [0.1, 0.15) is 17.6 Å². The maximum atomic E-state index is 12.5. The Morgan fingerprint density at radius 2 is 1.80 bits per heavy atom.